The summed E-state index contributed by atoms with van der Waals surface area (Å²) in [4.78, 5) is 11.0. The van der Waals surface area contributed by atoms with Gasteiger partial charge >= 0.3 is 5.97 Å². The summed E-state index contributed by atoms with van der Waals surface area (Å²) in [6, 6.07) is 4.42. The molecule has 0 aliphatic heterocycles. The summed E-state index contributed by atoms with van der Waals surface area (Å²) in [5.74, 6) is -0.557. The topological polar surface area (TPSA) is 47.6 Å². The van der Waals surface area contributed by atoms with Crippen LogP contribution in [0.25, 0.3) is 0 Å². The van der Waals surface area contributed by atoms with Crippen LogP contribution in [0.15, 0.2) is 18.2 Å². The molecule has 0 aliphatic carbocycles. The summed E-state index contributed by atoms with van der Waals surface area (Å²) in [7, 11) is 2.74. The van der Waals surface area contributed by atoms with Crippen molar-refractivity contribution in [2.24, 2.45) is 0 Å². The Kier molecular flexibility index (Phi) is 4.75. The average molecular weight is 241 g/mol. The van der Waals surface area contributed by atoms with Gasteiger partial charge in [-0.05, 0) is 19.1 Å². The molecular formula is C12H16FNO3. The van der Waals surface area contributed by atoms with Gasteiger partial charge in [0.1, 0.15) is 0 Å². The minimum absolute atomic E-state index is 0.129. The van der Waals surface area contributed by atoms with Crippen LogP contribution in [0.3, 0.4) is 0 Å². The van der Waals surface area contributed by atoms with Gasteiger partial charge < -0.3 is 14.8 Å². The number of hydrogen-bond donors (Lipinski definition) is 1. The predicted octanol–water partition coefficient (Wildman–Crippen LogP) is 2.20. The van der Waals surface area contributed by atoms with Gasteiger partial charge in [0.2, 0.25) is 0 Å². The maximum absolute atomic E-state index is 13.4. The number of hydrogen-bond acceptors (Lipinski definition) is 4. The van der Waals surface area contributed by atoms with Crippen LogP contribution in [0, 0.1) is 5.82 Å². The molecule has 0 aliphatic rings. The van der Waals surface area contributed by atoms with Gasteiger partial charge in [0.05, 0.1) is 20.6 Å². The van der Waals surface area contributed by atoms with Crippen molar-refractivity contribution in [2.45, 2.75) is 19.4 Å². The van der Waals surface area contributed by atoms with E-state index < -0.39 is 5.82 Å². The molecular weight excluding hydrogens is 225 g/mol. The average Bonchev–Trinajstić information content (AvgIpc) is 2.29. The fraction of sp³-hybridized carbons (Fsp3) is 0.417. The van der Waals surface area contributed by atoms with Crippen molar-refractivity contribution in [3.05, 3.63) is 24.0 Å². The molecule has 5 heteroatoms. The van der Waals surface area contributed by atoms with E-state index in [0.29, 0.717) is 5.69 Å². The van der Waals surface area contributed by atoms with Gasteiger partial charge in [0, 0.05) is 17.8 Å². The molecule has 0 heterocycles. The molecule has 94 valence electrons. The zero-order valence-electron chi connectivity index (χ0n) is 10.1. The van der Waals surface area contributed by atoms with Crippen LogP contribution < -0.4 is 10.1 Å². The minimum atomic E-state index is -0.442. The van der Waals surface area contributed by atoms with Crippen molar-refractivity contribution in [1.29, 1.82) is 0 Å². The second-order valence-electron chi connectivity index (χ2n) is 3.67. The molecule has 0 bridgehead atoms. The molecule has 0 radical (unpaired) electrons. The first-order valence-electron chi connectivity index (χ1n) is 5.23. The molecule has 0 amide bonds. The monoisotopic (exact) mass is 241 g/mol. The molecule has 0 fully saturated rings. The van der Waals surface area contributed by atoms with Gasteiger partial charge in [-0.25, -0.2) is 4.39 Å². The van der Waals surface area contributed by atoms with Crippen LogP contribution in [0.2, 0.25) is 0 Å². The number of anilines is 1. The lowest BCUT2D eigenvalue weighted by molar-refractivity contribution is -0.140. The smallest absolute Gasteiger partial charge is 0.307 e. The predicted molar refractivity (Wildman–Crippen MR) is 62.7 cm³/mol. The number of rotatable bonds is 5. The summed E-state index contributed by atoms with van der Waals surface area (Å²) in [5.41, 5.74) is 0.597. The van der Waals surface area contributed by atoms with E-state index in [9.17, 15) is 9.18 Å². The Morgan fingerprint density at radius 1 is 1.47 bits per heavy atom. The van der Waals surface area contributed by atoms with E-state index >= 15 is 0 Å². The summed E-state index contributed by atoms with van der Waals surface area (Å²) in [6.07, 6.45) is 0.226. The highest BCUT2D eigenvalue weighted by molar-refractivity contribution is 5.70. The second-order valence-corrected chi connectivity index (χ2v) is 3.67. The molecule has 1 unspecified atom stereocenters. The number of benzene rings is 1. The molecule has 1 atom stereocenters. The normalized spacial score (nSPS) is 11.8. The highest BCUT2D eigenvalue weighted by Crippen LogP contribution is 2.21. The van der Waals surface area contributed by atoms with Gasteiger partial charge in [0.15, 0.2) is 11.6 Å². The molecule has 4 nitrogen and oxygen atoms in total. The number of carbonyl (C=O) groups is 1. The maximum atomic E-state index is 13.4. The van der Waals surface area contributed by atoms with E-state index in [1.165, 1.54) is 26.4 Å². The quantitative estimate of drug-likeness (QED) is 0.803. The van der Waals surface area contributed by atoms with E-state index in [1.807, 2.05) is 6.92 Å². The Morgan fingerprint density at radius 3 is 2.71 bits per heavy atom. The first-order chi connectivity index (χ1) is 8.06. The fourth-order valence-corrected chi connectivity index (χ4v) is 1.43. The molecule has 0 aromatic heterocycles. The lowest BCUT2D eigenvalue weighted by atomic mass is 10.2. The Labute approximate surface area is 99.7 Å². The van der Waals surface area contributed by atoms with Gasteiger partial charge in [-0.3, -0.25) is 4.79 Å². The number of carbonyl (C=O) groups excluding carboxylic acids is 1. The second kappa shape index (κ2) is 6.08. The van der Waals surface area contributed by atoms with Crippen molar-refractivity contribution in [3.63, 3.8) is 0 Å². The van der Waals surface area contributed by atoms with Crippen LogP contribution >= 0.6 is 0 Å². The van der Waals surface area contributed by atoms with Crippen molar-refractivity contribution >= 4 is 11.7 Å². The van der Waals surface area contributed by atoms with E-state index in [0.717, 1.165) is 0 Å². The van der Waals surface area contributed by atoms with E-state index in [-0.39, 0.29) is 24.2 Å². The van der Waals surface area contributed by atoms with Gasteiger partial charge in [-0.15, -0.1) is 0 Å². The largest absolute Gasteiger partial charge is 0.494 e. The third-order valence-electron chi connectivity index (χ3n) is 2.27. The highest BCUT2D eigenvalue weighted by atomic mass is 19.1. The van der Waals surface area contributed by atoms with Crippen molar-refractivity contribution < 1.29 is 18.7 Å². The highest BCUT2D eigenvalue weighted by Gasteiger charge is 2.10. The standard InChI is InChI=1S/C12H16FNO3/c1-8(6-12(15)17-3)14-9-4-5-11(16-2)10(13)7-9/h4-5,7-8,14H,6H2,1-3H3. The number of methoxy groups -OCH3 is 2. The number of ether oxygens (including phenoxy) is 2. The van der Waals surface area contributed by atoms with Gasteiger partial charge in [-0.1, -0.05) is 0 Å². The van der Waals surface area contributed by atoms with E-state index in [1.54, 1.807) is 6.07 Å². The zero-order valence-corrected chi connectivity index (χ0v) is 10.1. The van der Waals surface area contributed by atoms with Crippen molar-refractivity contribution in [2.75, 3.05) is 19.5 Å². The summed E-state index contributed by atoms with van der Waals surface area (Å²) in [5, 5.41) is 3.00. The number of halogens is 1. The fourth-order valence-electron chi connectivity index (χ4n) is 1.43. The zero-order chi connectivity index (χ0) is 12.8. The Hall–Kier alpha value is -1.78. The van der Waals surface area contributed by atoms with Crippen LogP contribution in [0.5, 0.6) is 5.75 Å². The Bertz CT molecular complexity index is 395. The Balaban J connectivity index is 2.62. The molecule has 0 spiro atoms. The maximum Gasteiger partial charge on any atom is 0.307 e. The summed E-state index contributed by atoms with van der Waals surface area (Å²) in [6.45, 7) is 1.82. The molecule has 17 heavy (non-hydrogen) atoms. The van der Waals surface area contributed by atoms with Crippen LogP contribution in [0.1, 0.15) is 13.3 Å². The summed E-state index contributed by atoms with van der Waals surface area (Å²) >= 11 is 0. The van der Waals surface area contributed by atoms with E-state index in [2.05, 4.69) is 10.1 Å². The Morgan fingerprint density at radius 2 is 2.18 bits per heavy atom. The van der Waals surface area contributed by atoms with Crippen molar-refractivity contribution in [3.8, 4) is 5.75 Å². The van der Waals surface area contributed by atoms with Gasteiger partial charge in [-0.2, -0.15) is 0 Å². The number of nitrogens with one attached hydrogen (secondary N) is 1. The third-order valence-corrected chi connectivity index (χ3v) is 2.27. The lowest BCUT2D eigenvalue weighted by Gasteiger charge is -2.14. The first kappa shape index (κ1) is 13.3. The number of esters is 1. The van der Waals surface area contributed by atoms with Crippen LogP contribution in [-0.4, -0.2) is 26.2 Å². The van der Waals surface area contributed by atoms with Crippen LogP contribution in [-0.2, 0) is 9.53 Å². The van der Waals surface area contributed by atoms with Crippen molar-refractivity contribution in [1.82, 2.24) is 0 Å². The molecule has 1 aromatic carbocycles. The van der Waals surface area contributed by atoms with Gasteiger partial charge in [0.25, 0.3) is 0 Å². The molecule has 0 saturated heterocycles. The third kappa shape index (κ3) is 3.94. The minimum Gasteiger partial charge on any atom is -0.494 e. The first-order valence-corrected chi connectivity index (χ1v) is 5.23. The molecule has 0 saturated carbocycles. The molecule has 1 rings (SSSR count). The lowest BCUT2D eigenvalue weighted by Crippen LogP contribution is -2.20. The van der Waals surface area contributed by atoms with E-state index in [4.69, 9.17) is 4.74 Å². The molecule has 1 N–H and O–H groups in total. The van der Waals surface area contributed by atoms with Crippen LogP contribution in [0.4, 0.5) is 10.1 Å². The SMILES string of the molecule is COC(=O)CC(C)Nc1ccc(OC)c(F)c1. The summed E-state index contributed by atoms with van der Waals surface area (Å²) < 4.78 is 22.7. The molecule has 1 aromatic rings.